The number of hydrogen-bond donors (Lipinski definition) is 1. The number of ether oxygens (including phenoxy) is 1. The van der Waals surface area contributed by atoms with Gasteiger partial charge in [-0.1, -0.05) is 0 Å². The number of halogens is 1. The first-order valence-corrected chi connectivity index (χ1v) is 7.01. The predicted molar refractivity (Wildman–Crippen MR) is 68.9 cm³/mol. The van der Waals surface area contributed by atoms with Gasteiger partial charge >= 0.3 is 0 Å². The van der Waals surface area contributed by atoms with Crippen molar-refractivity contribution in [2.45, 2.75) is 30.3 Å². The molecule has 1 heterocycles. The van der Waals surface area contributed by atoms with Crippen LogP contribution in [0.15, 0.2) is 23.1 Å². The van der Waals surface area contributed by atoms with E-state index in [9.17, 15) is 4.39 Å². The van der Waals surface area contributed by atoms with Gasteiger partial charge < -0.3 is 10.5 Å². The highest BCUT2D eigenvalue weighted by atomic mass is 32.2. The highest BCUT2D eigenvalue weighted by molar-refractivity contribution is 7.99. The maximum absolute atomic E-state index is 13.1. The molecule has 1 saturated heterocycles. The zero-order valence-electron chi connectivity index (χ0n) is 9.82. The minimum Gasteiger partial charge on any atom is -0.377 e. The van der Waals surface area contributed by atoms with Crippen molar-refractivity contribution in [2.75, 3.05) is 18.9 Å². The summed E-state index contributed by atoms with van der Waals surface area (Å²) in [6.07, 6.45) is 3.38. The van der Waals surface area contributed by atoms with E-state index in [2.05, 4.69) is 0 Å². The van der Waals surface area contributed by atoms with Crippen molar-refractivity contribution in [1.82, 2.24) is 0 Å². The second-order valence-electron chi connectivity index (χ2n) is 4.24. The Hall–Kier alpha value is -0.580. The normalized spacial score (nSPS) is 19.8. The monoisotopic (exact) mass is 255 g/mol. The largest absolute Gasteiger partial charge is 0.377 e. The maximum atomic E-state index is 13.1. The highest BCUT2D eigenvalue weighted by Crippen LogP contribution is 2.27. The summed E-state index contributed by atoms with van der Waals surface area (Å²) in [6.45, 7) is 1.43. The lowest BCUT2D eigenvalue weighted by atomic mass is 10.1. The first-order chi connectivity index (χ1) is 8.29. The third-order valence-electron chi connectivity index (χ3n) is 2.88. The Labute approximate surface area is 106 Å². The summed E-state index contributed by atoms with van der Waals surface area (Å²) < 4.78 is 18.7. The molecule has 2 nitrogen and oxygen atoms in total. The third-order valence-corrected chi connectivity index (χ3v) is 4.13. The van der Waals surface area contributed by atoms with Gasteiger partial charge in [0, 0.05) is 17.3 Å². The van der Waals surface area contributed by atoms with Crippen LogP contribution in [0.4, 0.5) is 4.39 Å². The van der Waals surface area contributed by atoms with Gasteiger partial charge in [0.1, 0.15) is 5.82 Å². The SMILES string of the molecule is NCCc1cc(F)ccc1SCC1CCCO1. The topological polar surface area (TPSA) is 35.2 Å². The smallest absolute Gasteiger partial charge is 0.123 e. The Bertz CT molecular complexity index is 366. The molecule has 1 unspecified atom stereocenters. The van der Waals surface area contributed by atoms with Crippen molar-refractivity contribution < 1.29 is 9.13 Å². The second kappa shape index (κ2) is 6.38. The summed E-state index contributed by atoms with van der Waals surface area (Å²) in [7, 11) is 0. The number of thioether (sulfide) groups is 1. The van der Waals surface area contributed by atoms with E-state index in [0.29, 0.717) is 12.6 Å². The Balaban J connectivity index is 1.98. The zero-order chi connectivity index (χ0) is 12.1. The Morgan fingerprint density at radius 1 is 1.47 bits per heavy atom. The van der Waals surface area contributed by atoms with Gasteiger partial charge in [-0.05, 0) is 49.6 Å². The van der Waals surface area contributed by atoms with E-state index in [1.165, 1.54) is 6.07 Å². The van der Waals surface area contributed by atoms with Crippen LogP contribution in [0, 0.1) is 5.82 Å². The summed E-state index contributed by atoms with van der Waals surface area (Å²) in [5.41, 5.74) is 6.55. The third kappa shape index (κ3) is 3.69. The molecule has 17 heavy (non-hydrogen) atoms. The lowest BCUT2D eigenvalue weighted by Gasteiger charge is -2.12. The fourth-order valence-electron chi connectivity index (χ4n) is 2.00. The molecule has 1 aliphatic heterocycles. The van der Waals surface area contributed by atoms with Crippen LogP contribution in [0.25, 0.3) is 0 Å². The maximum Gasteiger partial charge on any atom is 0.123 e. The number of benzene rings is 1. The molecule has 2 rings (SSSR count). The van der Waals surface area contributed by atoms with Gasteiger partial charge in [0.05, 0.1) is 6.10 Å². The molecule has 4 heteroatoms. The summed E-state index contributed by atoms with van der Waals surface area (Å²) in [6, 6.07) is 4.95. The summed E-state index contributed by atoms with van der Waals surface area (Å²) >= 11 is 1.75. The average Bonchev–Trinajstić information content (AvgIpc) is 2.81. The van der Waals surface area contributed by atoms with Crippen LogP contribution in [0.3, 0.4) is 0 Å². The van der Waals surface area contributed by atoms with Gasteiger partial charge in [0.25, 0.3) is 0 Å². The summed E-state index contributed by atoms with van der Waals surface area (Å²) in [4.78, 5) is 1.13. The Kier molecular flexibility index (Phi) is 4.83. The van der Waals surface area contributed by atoms with Gasteiger partial charge in [-0.3, -0.25) is 0 Å². The molecular weight excluding hydrogens is 237 g/mol. The van der Waals surface area contributed by atoms with Crippen LogP contribution in [0.5, 0.6) is 0 Å². The highest BCUT2D eigenvalue weighted by Gasteiger charge is 2.16. The van der Waals surface area contributed by atoms with Crippen molar-refractivity contribution >= 4 is 11.8 Å². The first kappa shape index (κ1) is 12.9. The van der Waals surface area contributed by atoms with Gasteiger partial charge in [0.15, 0.2) is 0 Å². The number of nitrogens with two attached hydrogens (primary N) is 1. The van der Waals surface area contributed by atoms with E-state index < -0.39 is 0 Å². The first-order valence-electron chi connectivity index (χ1n) is 6.02. The van der Waals surface area contributed by atoms with E-state index in [-0.39, 0.29) is 5.82 Å². The Morgan fingerprint density at radius 3 is 3.06 bits per heavy atom. The zero-order valence-corrected chi connectivity index (χ0v) is 10.6. The summed E-state index contributed by atoms with van der Waals surface area (Å²) in [5, 5.41) is 0. The van der Waals surface area contributed by atoms with Crippen molar-refractivity contribution in [2.24, 2.45) is 5.73 Å². The van der Waals surface area contributed by atoms with E-state index in [0.717, 1.165) is 42.1 Å². The van der Waals surface area contributed by atoms with Crippen molar-refractivity contribution in [3.05, 3.63) is 29.6 Å². The minimum absolute atomic E-state index is 0.185. The molecule has 1 fully saturated rings. The molecule has 2 N–H and O–H groups in total. The van der Waals surface area contributed by atoms with Crippen LogP contribution >= 0.6 is 11.8 Å². The van der Waals surface area contributed by atoms with Crippen LogP contribution in [-0.4, -0.2) is 25.0 Å². The van der Waals surface area contributed by atoms with E-state index in [1.807, 2.05) is 6.07 Å². The van der Waals surface area contributed by atoms with Crippen LogP contribution in [0.2, 0.25) is 0 Å². The molecule has 1 aromatic carbocycles. The quantitative estimate of drug-likeness (QED) is 0.821. The van der Waals surface area contributed by atoms with E-state index in [1.54, 1.807) is 17.8 Å². The van der Waals surface area contributed by atoms with Gasteiger partial charge in [-0.25, -0.2) is 4.39 Å². The molecular formula is C13H18FNOS. The molecule has 0 aliphatic carbocycles. The van der Waals surface area contributed by atoms with Crippen LogP contribution in [0.1, 0.15) is 18.4 Å². The molecule has 0 saturated carbocycles. The standard InChI is InChI=1S/C13H18FNOS/c14-11-3-4-13(10(8-11)5-6-15)17-9-12-2-1-7-16-12/h3-4,8,12H,1-2,5-7,9,15H2. The van der Waals surface area contributed by atoms with E-state index in [4.69, 9.17) is 10.5 Å². The molecule has 0 spiro atoms. The number of hydrogen-bond acceptors (Lipinski definition) is 3. The lowest BCUT2D eigenvalue weighted by molar-refractivity contribution is 0.129. The molecule has 94 valence electrons. The van der Waals surface area contributed by atoms with Gasteiger partial charge in [-0.2, -0.15) is 0 Å². The van der Waals surface area contributed by atoms with Gasteiger partial charge in [-0.15, -0.1) is 11.8 Å². The Morgan fingerprint density at radius 2 is 2.35 bits per heavy atom. The average molecular weight is 255 g/mol. The lowest BCUT2D eigenvalue weighted by Crippen LogP contribution is -2.09. The molecule has 0 amide bonds. The van der Waals surface area contributed by atoms with E-state index >= 15 is 0 Å². The molecule has 0 aromatic heterocycles. The molecule has 0 radical (unpaired) electrons. The van der Waals surface area contributed by atoms with Crippen LogP contribution in [-0.2, 0) is 11.2 Å². The fourth-order valence-corrected chi connectivity index (χ4v) is 3.14. The number of rotatable bonds is 5. The molecule has 0 bridgehead atoms. The fraction of sp³-hybridized carbons (Fsp3) is 0.538. The van der Waals surface area contributed by atoms with Crippen molar-refractivity contribution in [1.29, 1.82) is 0 Å². The minimum atomic E-state index is -0.185. The predicted octanol–water partition coefficient (Wildman–Crippen LogP) is 2.60. The van der Waals surface area contributed by atoms with Gasteiger partial charge in [0.2, 0.25) is 0 Å². The summed E-state index contributed by atoms with van der Waals surface area (Å²) in [5.74, 6) is 0.762. The molecule has 1 atom stereocenters. The van der Waals surface area contributed by atoms with Crippen molar-refractivity contribution in [3.63, 3.8) is 0 Å². The second-order valence-corrected chi connectivity index (χ2v) is 5.30. The van der Waals surface area contributed by atoms with Crippen LogP contribution < -0.4 is 5.73 Å². The molecule has 1 aliphatic rings. The van der Waals surface area contributed by atoms with Crippen molar-refractivity contribution in [3.8, 4) is 0 Å². The molecule has 1 aromatic rings.